The van der Waals surface area contributed by atoms with Crippen molar-refractivity contribution in [3.05, 3.63) is 64.3 Å². The van der Waals surface area contributed by atoms with Crippen LogP contribution in [0.15, 0.2) is 36.5 Å². The first kappa shape index (κ1) is 9.51. The highest BCUT2D eigenvalue weighted by molar-refractivity contribution is 6.30. The first-order valence-electron chi connectivity index (χ1n) is 7.76. The van der Waals surface area contributed by atoms with Crippen molar-refractivity contribution in [3.63, 3.8) is 0 Å². The Kier molecular flexibility index (Phi) is 1.21. The molecule has 0 unspecified atom stereocenters. The highest BCUT2D eigenvalue weighted by atomic mass is 15.0. The Morgan fingerprint density at radius 3 is 1.81 bits per heavy atom. The molecule has 0 saturated heterocycles. The van der Waals surface area contributed by atoms with Crippen molar-refractivity contribution in [2.75, 3.05) is 0 Å². The van der Waals surface area contributed by atoms with Gasteiger partial charge in [0, 0.05) is 22.4 Å². The summed E-state index contributed by atoms with van der Waals surface area (Å²) in [4.78, 5) is 0. The predicted molar refractivity (Wildman–Crippen MR) is 83.9 cm³/mol. The summed E-state index contributed by atoms with van der Waals surface area (Å²) in [5.74, 6) is 0. The van der Waals surface area contributed by atoms with Gasteiger partial charge < -0.3 is 0 Å². The minimum Gasteiger partial charge on any atom is -0.193 e. The number of aromatic nitrogens is 1. The molecule has 1 heteroatoms. The summed E-state index contributed by atoms with van der Waals surface area (Å²) in [6, 6.07) is 11.8. The molecular formula is C20H12N+. The topological polar surface area (TPSA) is 3.88 Å². The van der Waals surface area contributed by atoms with Crippen molar-refractivity contribution in [2.24, 2.45) is 0 Å². The van der Waals surface area contributed by atoms with Gasteiger partial charge in [0.15, 0.2) is 12.7 Å². The van der Waals surface area contributed by atoms with E-state index in [9.17, 15) is 0 Å². The molecule has 0 atom stereocenters. The van der Waals surface area contributed by atoms with Gasteiger partial charge in [-0.15, -0.1) is 0 Å². The normalized spacial score (nSPS) is 16.0. The molecule has 0 fully saturated rings. The SMILES string of the molecule is c1cc2c3c4c1Cc1ccc5c(c14)c1c3c(cc[n+]1C5)C2. The molecule has 2 heterocycles. The average molecular weight is 266 g/mol. The Morgan fingerprint density at radius 1 is 0.571 bits per heavy atom. The molecule has 3 aromatic carbocycles. The van der Waals surface area contributed by atoms with Crippen molar-refractivity contribution in [1.29, 1.82) is 0 Å². The number of rotatable bonds is 0. The van der Waals surface area contributed by atoms with Gasteiger partial charge in [0.2, 0.25) is 5.52 Å². The van der Waals surface area contributed by atoms with Crippen LogP contribution in [-0.4, -0.2) is 0 Å². The maximum Gasteiger partial charge on any atom is 0.222 e. The molecule has 0 amide bonds. The van der Waals surface area contributed by atoms with Crippen LogP contribution in [0.2, 0.25) is 0 Å². The smallest absolute Gasteiger partial charge is 0.193 e. The molecule has 0 saturated carbocycles. The molecule has 0 radical (unpaired) electrons. The lowest BCUT2D eigenvalue weighted by Crippen LogP contribution is -2.31. The minimum atomic E-state index is 1.05. The van der Waals surface area contributed by atoms with Gasteiger partial charge in [-0.3, -0.25) is 0 Å². The molecule has 0 spiro atoms. The van der Waals surface area contributed by atoms with Gasteiger partial charge >= 0.3 is 0 Å². The van der Waals surface area contributed by atoms with Crippen LogP contribution in [0.1, 0.15) is 27.8 Å². The summed E-state index contributed by atoms with van der Waals surface area (Å²) in [5, 5.41) is 7.81. The Morgan fingerprint density at radius 2 is 1.10 bits per heavy atom. The van der Waals surface area contributed by atoms with Gasteiger partial charge in [0.1, 0.15) is 0 Å². The fourth-order valence-corrected chi connectivity index (χ4v) is 5.13. The van der Waals surface area contributed by atoms with Crippen molar-refractivity contribution >= 4 is 32.4 Å². The number of pyridine rings is 1. The molecule has 0 bridgehead atoms. The van der Waals surface area contributed by atoms with Gasteiger partial charge in [0.05, 0.1) is 10.8 Å². The van der Waals surface area contributed by atoms with Crippen LogP contribution in [0.4, 0.5) is 0 Å². The highest BCUT2D eigenvalue weighted by Gasteiger charge is 2.34. The average Bonchev–Trinajstić information content (AvgIpc) is 3.14. The van der Waals surface area contributed by atoms with Gasteiger partial charge in [-0.1, -0.05) is 24.3 Å². The zero-order chi connectivity index (χ0) is 13.3. The minimum absolute atomic E-state index is 1.05. The third kappa shape index (κ3) is 0.811. The highest BCUT2D eigenvalue weighted by Crippen LogP contribution is 2.49. The third-order valence-corrected chi connectivity index (χ3v) is 5.90. The molecule has 4 aromatic rings. The molecule has 21 heavy (non-hydrogen) atoms. The van der Waals surface area contributed by atoms with E-state index in [0.29, 0.717) is 0 Å². The second-order valence-corrected chi connectivity index (χ2v) is 6.81. The predicted octanol–water partition coefficient (Wildman–Crippen LogP) is 3.60. The number of nitrogens with zero attached hydrogens (tertiary/aromatic N) is 1. The van der Waals surface area contributed by atoms with Crippen molar-refractivity contribution in [1.82, 2.24) is 0 Å². The van der Waals surface area contributed by atoms with E-state index in [-0.39, 0.29) is 0 Å². The van der Waals surface area contributed by atoms with Crippen LogP contribution in [0.25, 0.3) is 32.4 Å². The largest absolute Gasteiger partial charge is 0.222 e. The van der Waals surface area contributed by atoms with Gasteiger partial charge in [-0.2, -0.15) is 4.57 Å². The van der Waals surface area contributed by atoms with Crippen LogP contribution < -0.4 is 4.57 Å². The summed E-state index contributed by atoms with van der Waals surface area (Å²) in [6.45, 7) is 1.05. The Balaban J connectivity index is 2.04. The van der Waals surface area contributed by atoms with E-state index in [2.05, 4.69) is 41.1 Å². The van der Waals surface area contributed by atoms with Crippen LogP contribution in [-0.2, 0) is 19.4 Å². The molecule has 7 rings (SSSR count). The first-order valence-corrected chi connectivity index (χ1v) is 7.76. The molecule has 96 valence electrons. The van der Waals surface area contributed by atoms with Crippen molar-refractivity contribution in [2.45, 2.75) is 19.4 Å². The zero-order valence-electron chi connectivity index (χ0n) is 11.5. The van der Waals surface area contributed by atoms with E-state index in [1.54, 1.807) is 26.9 Å². The Labute approximate surface area is 121 Å². The van der Waals surface area contributed by atoms with Crippen LogP contribution >= 0.6 is 0 Å². The first-order chi connectivity index (χ1) is 10.4. The standard InChI is InChI=1S/C20H12N/c1-2-11-8-13-5-6-21-9-14-4-3-12-7-10(1)15-16(11)18(13)20(21)19(14)17(12)15/h1-6H,7-9H2/q+1. The van der Waals surface area contributed by atoms with Crippen LogP contribution in [0, 0.1) is 0 Å². The van der Waals surface area contributed by atoms with E-state index >= 15 is 0 Å². The molecule has 1 nitrogen and oxygen atoms in total. The zero-order valence-corrected chi connectivity index (χ0v) is 11.5. The monoisotopic (exact) mass is 266 g/mol. The fraction of sp³-hybridized carbons (Fsp3) is 0.150. The summed E-state index contributed by atoms with van der Waals surface area (Å²) in [7, 11) is 0. The number of hydrogen-bond donors (Lipinski definition) is 0. The van der Waals surface area contributed by atoms with Gasteiger partial charge in [0.25, 0.3) is 0 Å². The molecule has 1 aromatic heterocycles. The van der Waals surface area contributed by atoms with E-state index in [4.69, 9.17) is 0 Å². The summed E-state index contributed by atoms with van der Waals surface area (Å²) in [6.07, 6.45) is 4.53. The van der Waals surface area contributed by atoms with E-state index in [1.807, 2.05) is 0 Å². The van der Waals surface area contributed by atoms with E-state index in [1.165, 1.54) is 33.3 Å². The second kappa shape index (κ2) is 2.67. The number of hydrogen-bond acceptors (Lipinski definition) is 0. The van der Waals surface area contributed by atoms with E-state index in [0.717, 1.165) is 19.4 Å². The Bertz CT molecular complexity index is 926. The van der Waals surface area contributed by atoms with Crippen molar-refractivity contribution in [3.8, 4) is 0 Å². The molecule has 1 aliphatic heterocycles. The van der Waals surface area contributed by atoms with Gasteiger partial charge in [-0.05, 0) is 40.5 Å². The van der Waals surface area contributed by atoms with E-state index < -0.39 is 0 Å². The van der Waals surface area contributed by atoms with Crippen molar-refractivity contribution < 1.29 is 4.57 Å². The lowest BCUT2D eigenvalue weighted by molar-refractivity contribution is -0.657. The molecule has 0 N–H and O–H groups in total. The summed E-state index contributed by atoms with van der Waals surface area (Å²) >= 11 is 0. The lowest BCUT2D eigenvalue weighted by Gasteiger charge is -2.04. The maximum atomic E-state index is 2.47. The maximum absolute atomic E-state index is 2.47. The second-order valence-electron chi connectivity index (χ2n) is 6.81. The summed E-state index contributed by atoms with van der Waals surface area (Å²) in [5.41, 5.74) is 9.16. The summed E-state index contributed by atoms with van der Waals surface area (Å²) < 4.78 is 2.47. The molecule has 3 aliphatic rings. The Hall–Kier alpha value is -2.41. The molecular weight excluding hydrogens is 254 g/mol. The third-order valence-electron chi connectivity index (χ3n) is 5.90. The lowest BCUT2D eigenvalue weighted by atomic mass is 9.96. The van der Waals surface area contributed by atoms with Crippen LogP contribution in [0.3, 0.4) is 0 Å². The molecule has 2 aliphatic carbocycles. The quantitative estimate of drug-likeness (QED) is 0.292. The fourth-order valence-electron chi connectivity index (χ4n) is 5.13. The van der Waals surface area contributed by atoms with Gasteiger partial charge in [-0.25, -0.2) is 0 Å². The van der Waals surface area contributed by atoms with Crippen LogP contribution in [0.5, 0.6) is 0 Å². The number of benzene rings is 3.